The van der Waals surface area contributed by atoms with E-state index < -0.39 is 5.82 Å². The summed E-state index contributed by atoms with van der Waals surface area (Å²) < 4.78 is 14.0. The fourth-order valence-corrected chi connectivity index (χ4v) is 3.55. The van der Waals surface area contributed by atoms with E-state index in [1.165, 1.54) is 23.5 Å². The first-order valence-electron chi connectivity index (χ1n) is 7.12. The number of aryl methyl sites for hydroxylation is 1. The SMILES string of the molecule is CCCc1c(C(=O)Nc2ccc(F)cn2)sc2ccccc12. The number of carbonyl (C=O) groups excluding carboxylic acids is 1. The van der Waals surface area contributed by atoms with E-state index in [0.717, 1.165) is 34.7 Å². The third-order valence-electron chi connectivity index (χ3n) is 3.37. The Bertz CT molecular complexity index is 811. The van der Waals surface area contributed by atoms with Gasteiger partial charge in [0.2, 0.25) is 0 Å². The van der Waals surface area contributed by atoms with Gasteiger partial charge in [0.15, 0.2) is 0 Å². The van der Waals surface area contributed by atoms with Crippen LogP contribution >= 0.6 is 11.3 Å². The van der Waals surface area contributed by atoms with E-state index in [4.69, 9.17) is 0 Å². The van der Waals surface area contributed by atoms with Gasteiger partial charge in [0.05, 0.1) is 11.1 Å². The third-order valence-corrected chi connectivity index (χ3v) is 4.59. The van der Waals surface area contributed by atoms with Gasteiger partial charge in [0.25, 0.3) is 5.91 Å². The fourth-order valence-electron chi connectivity index (χ4n) is 2.40. The van der Waals surface area contributed by atoms with Crippen LogP contribution in [0, 0.1) is 5.82 Å². The summed E-state index contributed by atoms with van der Waals surface area (Å²) >= 11 is 1.48. The van der Waals surface area contributed by atoms with Crippen LogP contribution in [-0.2, 0) is 6.42 Å². The molecule has 1 amide bonds. The highest BCUT2D eigenvalue weighted by molar-refractivity contribution is 7.21. The van der Waals surface area contributed by atoms with Crippen LogP contribution in [-0.4, -0.2) is 10.9 Å². The van der Waals surface area contributed by atoms with E-state index in [0.29, 0.717) is 10.7 Å². The van der Waals surface area contributed by atoms with Crippen molar-refractivity contribution >= 4 is 33.1 Å². The van der Waals surface area contributed by atoms with Gasteiger partial charge in [0.1, 0.15) is 11.6 Å². The molecule has 3 nitrogen and oxygen atoms in total. The number of amides is 1. The smallest absolute Gasteiger partial charge is 0.267 e. The van der Waals surface area contributed by atoms with Crippen molar-refractivity contribution in [2.45, 2.75) is 19.8 Å². The van der Waals surface area contributed by atoms with Crippen molar-refractivity contribution < 1.29 is 9.18 Å². The van der Waals surface area contributed by atoms with Gasteiger partial charge in [-0.25, -0.2) is 9.37 Å². The molecule has 2 heterocycles. The number of pyridine rings is 1. The zero-order chi connectivity index (χ0) is 15.5. The Hall–Kier alpha value is -2.27. The first kappa shape index (κ1) is 14.7. The van der Waals surface area contributed by atoms with Crippen LogP contribution in [0.1, 0.15) is 28.6 Å². The van der Waals surface area contributed by atoms with Crippen LogP contribution in [0.25, 0.3) is 10.1 Å². The number of halogens is 1. The highest BCUT2D eigenvalue weighted by Crippen LogP contribution is 2.32. The number of anilines is 1. The second-order valence-electron chi connectivity index (χ2n) is 4.97. The van der Waals surface area contributed by atoms with Crippen molar-refractivity contribution in [2.75, 3.05) is 5.32 Å². The molecule has 0 aliphatic heterocycles. The van der Waals surface area contributed by atoms with Gasteiger partial charge in [0, 0.05) is 4.70 Å². The summed E-state index contributed by atoms with van der Waals surface area (Å²) in [4.78, 5) is 17.1. The number of benzene rings is 1. The molecule has 22 heavy (non-hydrogen) atoms. The zero-order valence-electron chi connectivity index (χ0n) is 12.1. The van der Waals surface area contributed by atoms with E-state index in [1.807, 2.05) is 24.3 Å². The van der Waals surface area contributed by atoms with Crippen LogP contribution in [0.2, 0.25) is 0 Å². The average molecular weight is 314 g/mol. The van der Waals surface area contributed by atoms with E-state index in [-0.39, 0.29) is 5.91 Å². The minimum absolute atomic E-state index is 0.191. The van der Waals surface area contributed by atoms with Crippen LogP contribution in [0.15, 0.2) is 42.6 Å². The lowest BCUT2D eigenvalue weighted by Crippen LogP contribution is -2.13. The molecule has 1 N–H and O–H groups in total. The van der Waals surface area contributed by atoms with Crippen molar-refractivity contribution in [3.63, 3.8) is 0 Å². The van der Waals surface area contributed by atoms with Crippen LogP contribution < -0.4 is 5.32 Å². The van der Waals surface area contributed by atoms with Crippen molar-refractivity contribution in [1.29, 1.82) is 0 Å². The Kier molecular flexibility index (Phi) is 4.15. The van der Waals surface area contributed by atoms with E-state index in [1.54, 1.807) is 0 Å². The maximum Gasteiger partial charge on any atom is 0.267 e. The summed E-state index contributed by atoms with van der Waals surface area (Å²) in [5, 5.41) is 3.87. The highest BCUT2D eigenvalue weighted by Gasteiger charge is 2.18. The predicted molar refractivity (Wildman–Crippen MR) is 88.0 cm³/mol. The van der Waals surface area contributed by atoms with Gasteiger partial charge in [-0.15, -0.1) is 11.3 Å². The second-order valence-corrected chi connectivity index (χ2v) is 6.02. The summed E-state index contributed by atoms with van der Waals surface area (Å²) in [5.74, 6) is -0.262. The topological polar surface area (TPSA) is 42.0 Å². The van der Waals surface area contributed by atoms with Crippen molar-refractivity contribution in [3.8, 4) is 0 Å². The molecular weight excluding hydrogens is 299 g/mol. The Labute approximate surface area is 131 Å². The Morgan fingerprint density at radius 3 is 2.82 bits per heavy atom. The number of nitrogens with one attached hydrogen (secondary N) is 1. The van der Waals surface area contributed by atoms with Gasteiger partial charge in [-0.3, -0.25) is 4.79 Å². The third kappa shape index (κ3) is 2.85. The normalized spacial score (nSPS) is 10.8. The second kappa shape index (κ2) is 6.23. The molecule has 0 aliphatic rings. The van der Waals surface area contributed by atoms with Crippen molar-refractivity contribution in [3.05, 3.63) is 58.9 Å². The Balaban J connectivity index is 1.96. The van der Waals surface area contributed by atoms with Gasteiger partial charge < -0.3 is 5.32 Å². The van der Waals surface area contributed by atoms with Crippen molar-refractivity contribution in [1.82, 2.24) is 4.98 Å². The molecule has 0 atom stereocenters. The molecule has 0 bridgehead atoms. The largest absolute Gasteiger partial charge is 0.306 e. The molecule has 2 aromatic heterocycles. The summed E-state index contributed by atoms with van der Waals surface area (Å²) in [7, 11) is 0. The number of hydrogen-bond acceptors (Lipinski definition) is 3. The molecular formula is C17H15FN2OS. The molecule has 1 aromatic carbocycles. The van der Waals surface area contributed by atoms with Crippen molar-refractivity contribution in [2.24, 2.45) is 0 Å². The minimum atomic E-state index is -0.425. The monoisotopic (exact) mass is 314 g/mol. The number of hydrogen-bond donors (Lipinski definition) is 1. The number of fused-ring (bicyclic) bond motifs is 1. The summed E-state index contributed by atoms with van der Waals surface area (Å²) in [6.45, 7) is 2.09. The summed E-state index contributed by atoms with van der Waals surface area (Å²) in [6, 6.07) is 10.8. The number of thiophene rings is 1. The highest BCUT2D eigenvalue weighted by atomic mass is 32.1. The number of rotatable bonds is 4. The standard InChI is InChI=1S/C17H15FN2OS/c1-2-5-13-12-6-3-4-7-14(12)22-16(13)17(21)20-15-9-8-11(18)10-19-15/h3-4,6-10H,2,5H2,1H3,(H,19,20,21). The van der Waals surface area contributed by atoms with Gasteiger partial charge in [-0.1, -0.05) is 31.5 Å². The number of aromatic nitrogens is 1. The van der Waals surface area contributed by atoms with Crippen LogP contribution in [0.5, 0.6) is 0 Å². The summed E-state index contributed by atoms with van der Waals surface area (Å²) in [6.07, 6.45) is 2.91. The summed E-state index contributed by atoms with van der Waals surface area (Å²) in [5.41, 5.74) is 1.07. The Morgan fingerprint density at radius 1 is 1.27 bits per heavy atom. The first-order chi connectivity index (χ1) is 10.7. The van der Waals surface area contributed by atoms with Crippen LogP contribution in [0.3, 0.4) is 0 Å². The Morgan fingerprint density at radius 2 is 2.09 bits per heavy atom. The lowest BCUT2D eigenvalue weighted by Gasteiger charge is -2.05. The van der Waals surface area contributed by atoms with Gasteiger partial charge in [-0.2, -0.15) is 0 Å². The molecule has 0 fully saturated rings. The molecule has 0 unspecified atom stereocenters. The van der Waals surface area contributed by atoms with E-state index >= 15 is 0 Å². The molecule has 3 aromatic rings. The fraction of sp³-hybridized carbons (Fsp3) is 0.176. The molecule has 0 saturated carbocycles. The lowest BCUT2D eigenvalue weighted by molar-refractivity contribution is 0.102. The first-order valence-corrected chi connectivity index (χ1v) is 7.94. The lowest BCUT2D eigenvalue weighted by atomic mass is 10.1. The maximum atomic E-state index is 12.9. The number of nitrogens with zero attached hydrogens (tertiary/aromatic N) is 1. The van der Waals surface area contributed by atoms with E-state index in [9.17, 15) is 9.18 Å². The number of carbonyl (C=O) groups is 1. The van der Waals surface area contributed by atoms with Gasteiger partial charge >= 0.3 is 0 Å². The zero-order valence-corrected chi connectivity index (χ0v) is 12.9. The quantitative estimate of drug-likeness (QED) is 0.762. The molecule has 0 saturated heterocycles. The molecule has 3 rings (SSSR count). The van der Waals surface area contributed by atoms with Crippen LogP contribution in [0.4, 0.5) is 10.2 Å². The average Bonchev–Trinajstić information content (AvgIpc) is 2.89. The minimum Gasteiger partial charge on any atom is -0.306 e. The molecule has 0 aliphatic carbocycles. The molecule has 0 spiro atoms. The van der Waals surface area contributed by atoms with Gasteiger partial charge in [-0.05, 0) is 35.6 Å². The molecule has 112 valence electrons. The molecule has 0 radical (unpaired) electrons. The molecule has 5 heteroatoms. The van der Waals surface area contributed by atoms with E-state index in [2.05, 4.69) is 17.2 Å². The maximum absolute atomic E-state index is 12.9. The predicted octanol–water partition coefficient (Wildman–Crippen LogP) is 4.64.